The van der Waals surface area contributed by atoms with Crippen molar-refractivity contribution in [2.75, 3.05) is 0 Å². The molecule has 12 heavy (non-hydrogen) atoms. The molecular formula is C10H12LiN. The quantitative estimate of drug-likeness (QED) is 0.519. The molecule has 0 bridgehead atoms. The predicted molar refractivity (Wildman–Crippen MR) is 50.4 cm³/mol. The van der Waals surface area contributed by atoms with E-state index in [4.69, 9.17) is 0 Å². The Hall–Kier alpha value is -0.253. The summed E-state index contributed by atoms with van der Waals surface area (Å²) in [7, 11) is 0. The van der Waals surface area contributed by atoms with Gasteiger partial charge in [-0.2, -0.15) is 0 Å². The first kappa shape index (κ1) is 8.35. The van der Waals surface area contributed by atoms with Crippen molar-refractivity contribution >= 4 is 17.7 Å². The first-order valence-corrected chi connectivity index (χ1v) is 4.74. The standard InChI is InChI=1S/C10H12N.Li/c1-8-6-7-9-4-2-3-5-10(9)11-8;/h5-7H,2-4H2,1H3;. The zero-order valence-electron chi connectivity index (χ0n) is 7.80. The van der Waals surface area contributed by atoms with Gasteiger partial charge in [-0.15, -0.1) is 0 Å². The van der Waals surface area contributed by atoms with Crippen molar-refractivity contribution in [1.82, 2.24) is 4.98 Å². The first-order chi connectivity index (χ1) is 5.77. The summed E-state index contributed by atoms with van der Waals surface area (Å²) in [5, 5.41) is 0. The average Bonchev–Trinajstić information content (AvgIpc) is 2.07. The van der Waals surface area contributed by atoms with Gasteiger partial charge in [-0.3, -0.25) is 0 Å². The average molecular weight is 153 g/mol. The van der Waals surface area contributed by atoms with Crippen LogP contribution >= 0.6 is 0 Å². The van der Waals surface area contributed by atoms with Crippen molar-refractivity contribution in [2.45, 2.75) is 30.8 Å². The Bertz CT molecular complexity index is 296. The zero-order chi connectivity index (χ0) is 8.55. The summed E-state index contributed by atoms with van der Waals surface area (Å²) >= 11 is 2.28. The van der Waals surface area contributed by atoms with Crippen molar-refractivity contribution in [2.24, 2.45) is 0 Å². The van der Waals surface area contributed by atoms with Gasteiger partial charge in [-0.05, 0) is 0 Å². The number of aryl methyl sites for hydroxylation is 2. The number of nitrogens with zero attached hydrogens (tertiary/aromatic N) is 1. The van der Waals surface area contributed by atoms with Gasteiger partial charge in [0, 0.05) is 0 Å². The molecule has 0 aromatic carbocycles. The number of hydrogen-bond donors (Lipinski definition) is 0. The van der Waals surface area contributed by atoms with Crippen LogP contribution in [0.5, 0.6) is 0 Å². The van der Waals surface area contributed by atoms with Crippen molar-refractivity contribution in [3.63, 3.8) is 0 Å². The second kappa shape index (κ2) is 3.24. The van der Waals surface area contributed by atoms with E-state index in [1.165, 1.54) is 30.5 Å². The summed E-state index contributed by atoms with van der Waals surface area (Å²) in [5.74, 6) is 0. The molecule has 0 spiro atoms. The van der Waals surface area contributed by atoms with E-state index in [9.17, 15) is 0 Å². The second-order valence-electron chi connectivity index (χ2n) is 3.79. The number of fused-ring (bicyclic) bond motifs is 1. The Morgan fingerprint density at radius 2 is 2.33 bits per heavy atom. The maximum atomic E-state index is 4.59. The van der Waals surface area contributed by atoms with E-state index < -0.39 is 0 Å². The Labute approximate surface area is 82.8 Å². The van der Waals surface area contributed by atoms with Gasteiger partial charge in [0.2, 0.25) is 0 Å². The van der Waals surface area contributed by atoms with E-state index in [0.29, 0.717) is 4.59 Å². The van der Waals surface area contributed by atoms with Crippen LogP contribution in [0.4, 0.5) is 0 Å². The van der Waals surface area contributed by atoms with Crippen LogP contribution < -0.4 is 0 Å². The van der Waals surface area contributed by atoms with Gasteiger partial charge in [0.05, 0.1) is 0 Å². The molecule has 1 aliphatic carbocycles. The molecule has 0 fully saturated rings. The van der Waals surface area contributed by atoms with Crippen LogP contribution in [0.15, 0.2) is 12.1 Å². The van der Waals surface area contributed by atoms with E-state index in [2.05, 4.69) is 41.8 Å². The number of pyridine rings is 1. The molecule has 1 aromatic rings. The normalized spacial score (nSPS) is 22.1. The Balaban J connectivity index is 2.47. The number of rotatable bonds is 0. The summed E-state index contributed by atoms with van der Waals surface area (Å²) in [4.78, 5) is 4.59. The molecule has 0 N–H and O–H groups in total. The fourth-order valence-corrected chi connectivity index (χ4v) is 1.98. The summed E-state index contributed by atoms with van der Waals surface area (Å²) in [5.41, 5.74) is 3.98. The molecule has 0 saturated heterocycles. The molecule has 2 rings (SSSR count). The van der Waals surface area contributed by atoms with Gasteiger partial charge in [-0.25, -0.2) is 0 Å². The minimum absolute atomic E-state index is 0.675. The molecule has 0 saturated carbocycles. The Kier molecular flexibility index (Phi) is 2.26. The molecule has 58 valence electrons. The van der Waals surface area contributed by atoms with Crippen LogP contribution in [0.1, 0.15) is 34.4 Å². The van der Waals surface area contributed by atoms with Crippen molar-refractivity contribution in [1.29, 1.82) is 0 Å². The van der Waals surface area contributed by atoms with Crippen molar-refractivity contribution in [3.05, 3.63) is 29.1 Å². The van der Waals surface area contributed by atoms with E-state index in [1.807, 2.05) is 0 Å². The van der Waals surface area contributed by atoms with Gasteiger partial charge in [-0.1, -0.05) is 0 Å². The van der Waals surface area contributed by atoms with Crippen molar-refractivity contribution in [3.8, 4) is 0 Å². The molecule has 1 atom stereocenters. The topological polar surface area (TPSA) is 12.9 Å². The second-order valence-corrected chi connectivity index (χ2v) is 3.79. The van der Waals surface area contributed by atoms with Gasteiger partial charge >= 0.3 is 82.6 Å². The third-order valence-electron chi connectivity index (χ3n) is 2.70. The van der Waals surface area contributed by atoms with E-state index in [-0.39, 0.29) is 0 Å². The zero-order valence-corrected chi connectivity index (χ0v) is 7.80. The molecule has 1 unspecified atom stereocenters. The van der Waals surface area contributed by atoms with Crippen molar-refractivity contribution < 1.29 is 0 Å². The molecule has 1 heterocycles. The molecule has 1 aliphatic rings. The van der Waals surface area contributed by atoms with Crippen LogP contribution in [-0.2, 0) is 6.42 Å². The van der Waals surface area contributed by atoms with E-state index in [1.54, 1.807) is 0 Å². The molecule has 0 radical (unpaired) electrons. The first-order valence-electron chi connectivity index (χ1n) is 4.74. The molecule has 1 nitrogen and oxygen atoms in total. The summed E-state index contributed by atoms with van der Waals surface area (Å²) in [6.07, 6.45) is 3.87. The van der Waals surface area contributed by atoms with Gasteiger partial charge < -0.3 is 0 Å². The Morgan fingerprint density at radius 3 is 3.17 bits per heavy atom. The van der Waals surface area contributed by atoms with Crippen LogP contribution in [0, 0.1) is 6.92 Å². The van der Waals surface area contributed by atoms with Crippen LogP contribution in [0.25, 0.3) is 0 Å². The van der Waals surface area contributed by atoms with Gasteiger partial charge in [0.15, 0.2) is 0 Å². The number of hydrogen-bond acceptors (Lipinski definition) is 1. The molecule has 0 aliphatic heterocycles. The summed E-state index contributed by atoms with van der Waals surface area (Å²) < 4.78 is 0.675. The predicted octanol–water partition coefficient (Wildman–Crippen LogP) is 1.94. The van der Waals surface area contributed by atoms with Crippen LogP contribution in [0.2, 0.25) is 0 Å². The fraction of sp³-hybridized carbons (Fsp3) is 0.500. The van der Waals surface area contributed by atoms with E-state index in [0.717, 1.165) is 5.69 Å². The molecule has 2 heteroatoms. The fourth-order valence-electron chi connectivity index (χ4n) is 1.98. The summed E-state index contributed by atoms with van der Waals surface area (Å²) in [6, 6.07) is 4.37. The van der Waals surface area contributed by atoms with E-state index >= 15 is 0 Å². The van der Waals surface area contributed by atoms with Crippen LogP contribution in [-0.4, -0.2) is 22.7 Å². The van der Waals surface area contributed by atoms with Crippen LogP contribution in [0.3, 0.4) is 0 Å². The maximum absolute atomic E-state index is 4.59. The number of aromatic nitrogens is 1. The molecular weight excluding hydrogens is 141 g/mol. The molecule has 0 amide bonds. The third-order valence-corrected chi connectivity index (χ3v) is 2.70. The minimum atomic E-state index is 0.675. The van der Waals surface area contributed by atoms with Gasteiger partial charge in [0.25, 0.3) is 0 Å². The third kappa shape index (κ3) is 1.44. The monoisotopic (exact) mass is 153 g/mol. The summed E-state index contributed by atoms with van der Waals surface area (Å²) in [6.45, 7) is 2.07. The Morgan fingerprint density at radius 1 is 1.50 bits per heavy atom. The SMILES string of the molecule is [Li][CH]1CCCc2ccc(C)nc21. The molecule has 1 aromatic heterocycles. The van der Waals surface area contributed by atoms with Gasteiger partial charge in [0.1, 0.15) is 0 Å².